The Labute approximate surface area is 134 Å². The Kier molecular flexibility index (Phi) is 3.51. The molecule has 114 valence electrons. The molecule has 3 heterocycles. The maximum Gasteiger partial charge on any atom is 0.253 e. The van der Waals surface area contributed by atoms with E-state index in [0.29, 0.717) is 0 Å². The molecule has 0 N–H and O–H groups in total. The highest BCUT2D eigenvalue weighted by atomic mass is 32.1. The van der Waals surface area contributed by atoms with Crippen LogP contribution in [0.4, 0.5) is 0 Å². The number of thiophene rings is 1. The average Bonchev–Trinajstić information content (AvgIpc) is 3.06. The fourth-order valence-corrected chi connectivity index (χ4v) is 4.56. The second-order valence-corrected chi connectivity index (χ2v) is 7.01. The molecule has 22 heavy (non-hydrogen) atoms. The van der Waals surface area contributed by atoms with E-state index < -0.39 is 0 Å². The Morgan fingerprint density at radius 1 is 1.14 bits per heavy atom. The van der Waals surface area contributed by atoms with E-state index in [0.717, 1.165) is 44.5 Å². The number of likely N-dealkylation sites (tertiary alicyclic amines) is 1. The summed E-state index contributed by atoms with van der Waals surface area (Å²) in [6.07, 6.45) is 2.83. The minimum atomic E-state index is -0.152. The lowest BCUT2D eigenvalue weighted by Gasteiger charge is -2.44. The summed E-state index contributed by atoms with van der Waals surface area (Å²) in [6.45, 7) is 2.34. The molecule has 1 saturated heterocycles. The Bertz CT molecular complexity index is 671. The highest BCUT2D eigenvalue weighted by molar-refractivity contribution is 7.10. The van der Waals surface area contributed by atoms with Crippen molar-refractivity contribution in [2.45, 2.75) is 24.9 Å². The zero-order valence-corrected chi connectivity index (χ0v) is 13.3. The molecule has 4 rings (SSSR count). The predicted octanol–water partition coefficient (Wildman–Crippen LogP) is 3.45. The largest absolute Gasteiger partial charge is 0.370 e. The van der Waals surface area contributed by atoms with Crippen LogP contribution in [-0.4, -0.2) is 30.5 Å². The summed E-state index contributed by atoms with van der Waals surface area (Å²) in [6, 6.07) is 11.8. The third kappa shape index (κ3) is 2.27. The van der Waals surface area contributed by atoms with Crippen LogP contribution in [0.3, 0.4) is 0 Å². The van der Waals surface area contributed by atoms with Crippen molar-refractivity contribution in [1.29, 1.82) is 0 Å². The summed E-state index contributed by atoms with van der Waals surface area (Å²) in [5.74, 6) is 0.136. The normalized spacial score (nSPS) is 19.9. The molecule has 0 saturated carbocycles. The van der Waals surface area contributed by atoms with Crippen molar-refractivity contribution in [3.05, 3.63) is 57.8 Å². The van der Waals surface area contributed by atoms with Crippen LogP contribution in [0.15, 0.2) is 41.8 Å². The van der Waals surface area contributed by atoms with Crippen molar-refractivity contribution in [2.75, 3.05) is 19.7 Å². The van der Waals surface area contributed by atoms with Crippen LogP contribution >= 0.6 is 11.3 Å². The van der Waals surface area contributed by atoms with Crippen molar-refractivity contribution in [3.63, 3.8) is 0 Å². The quantitative estimate of drug-likeness (QED) is 0.807. The first-order valence-corrected chi connectivity index (χ1v) is 8.72. The van der Waals surface area contributed by atoms with Crippen LogP contribution in [0.25, 0.3) is 0 Å². The van der Waals surface area contributed by atoms with E-state index in [1.807, 2.05) is 46.6 Å². The van der Waals surface area contributed by atoms with E-state index >= 15 is 0 Å². The molecule has 4 heteroatoms. The van der Waals surface area contributed by atoms with Gasteiger partial charge in [-0.1, -0.05) is 18.2 Å². The second-order valence-electron chi connectivity index (χ2n) is 6.01. The van der Waals surface area contributed by atoms with Crippen LogP contribution in [0.2, 0.25) is 0 Å². The number of hydrogen-bond acceptors (Lipinski definition) is 3. The third-order valence-electron chi connectivity index (χ3n) is 4.82. The van der Waals surface area contributed by atoms with E-state index in [-0.39, 0.29) is 11.5 Å². The van der Waals surface area contributed by atoms with E-state index in [4.69, 9.17) is 4.74 Å². The van der Waals surface area contributed by atoms with Gasteiger partial charge in [0.1, 0.15) is 0 Å². The third-order valence-corrected chi connectivity index (χ3v) is 5.80. The zero-order valence-electron chi connectivity index (χ0n) is 12.5. The number of benzene rings is 1. The molecular formula is C18H19NO2S. The van der Waals surface area contributed by atoms with Gasteiger partial charge in [0, 0.05) is 30.0 Å². The monoisotopic (exact) mass is 313 g/mol. The topological polar surface area (TPSA) is 29.5 Å². The van der Waals surface area contributed by atoms with Crippen LogP contribution in [0.1, 0.15) is 33.6 Å². The summed E-state index contributed by atoms with van der Waals surface area (Å²) in [5.41, 5.74) is 2.00. The number of rotatable bonds is 1. The Morgan fingerprint density at radius 2 is 1.91 bits per heavy atom. The molecule has 2 aliphatic heterocycles. The predicted molar refractivity (Wildman–Crippen MR) is 87.2 cm³/mol. The summed E-state index contributed by atoms with van der Waals surface area (Å²) in [4.78, 5) is 16.0. The van der Waals surface area contributed by atoms with Gasteiger partial charge in [0.15, 0.2) is 0 Å². The Balaban J connectivity index is 1.51. The highest BCUT2D eigenvalue weighted by Crippen LogP contribution is 2.43. The molecule has 1 aromatic carbocycles. The van der Waals surface area contributed by atoms with E-state index in [1.54, 1.807) is 0 Å². The van der Waals surface area contributed by atoms with Gasteiger partial charge >= 0.3 is 0 Å². The van der Waals surface area contributed by atoms with Crippen molar-refractivity contribution in [3.8, 4) is 0 Å². The molecule has 1 aromatic heterocycles. The van der Waals surface area contributed by atoms with Crippen molar-refractivity contribution in [1.82, 2.24) is 4.90 Å². The molecule has 0 aliphatic carbocycles. The second kappa shape index (κ2) is 5.52. The first-order valence-electron chi connectivity index (χ1n) is 7.84. The average molecular weight is 313 g/mol. The van der Waals surface area contributed by atoms with Gasteiger partial charge in [0.2, 0.25) is 0 Å². The molecule has 3 nitrogen and oxygen atoms in total. The molecule has 0 atom stereocenters. The standard InChI is InChI=1S/C18H19NO2S/c20-17(14-4-2-1-3-5-14)19-10-8-18(9-11-19)15-7-13-22-16(15)6-12-21-18/h1-5,7,13H,6,8-12H2. The first-order chi connectivity index (χ1) is 10.8. The number of carbonyl (C=O) groups excluding carboxylic acids is 1. The van der Waals surface area contributed by atoms with Gasteiger partial charge in [0.25, 0.3) is 5.91 Å². The van der Waals surface area contributed by atoms with Crippen molar-refractivity contribution < 1.29 is 9.53 Å². The van der Waals surface area contributed by atoms with Gasteiger partial charge in [-0.15, -0.1) is 11.3 Å². The van der Waals surface area contributed by atoms with E-state index in [9.17, 15) is 4.79 Å². The SMILES string of the molecule is O=C(c1ccccc1)N1CCC2(CC1)OCCc1sccc12. The van der Waals surface area contributed by atoms with Gasteiger partial charge in [-0.25, -0.2) is 0 Å². The van der Waals surface area contributed by atoms with Gasteiger partial charge < -0.3 is 9.64 Å². The smallest absolute Gasteiger partial charge is 0.253 e. The number of nitrogens with zero attached hydrogens (tertiary/aromatic N) is 1. The number of ether oxygens (including phenoxy) is 1. The molecule has 0 bridgehead atoms. The van der Waals surface area contributed by atoms with Crippen LogP contribution in [0, 0.1) is 0 Å². The molecular weight excluding hydrogens is 294 g/mol. The minimum absolute atomic E-state index is 0.136. The van der Waals surface area contributed by atoms with Gasteiger partial charge in [0.05, 0.1) is 12.2 Å². The maximum absolute atomic E-state index is 12.6. The van der Waals surface area contributed by atoms with Gasteiger partial charge in [-0.3, -0.25) is 4.79 Å². The summed E-state index contributed by atoms with van der Waals surface area (Å²) < 4.78 is 6.19. The molecule has 2 aromatic rings. The van der Waals surface area contributed by atoms with Gasteiger partial charge in [-0.05, 0) is 42.0 Å². The zero-order chi connectivity index (χ0) is 15.0. The molecule has 0 radical (unpaired) electrons. The van der Waals surface area contributed by atoms with Crippen LogP contribution in [0.5, 0.6) is 0 Å². The highest BCUT2D eigenvalue weighted by Gasteiger charge is 2.42. The number of carbonyl (C=O) groups is 1. The molecule has 1 fully saturated rings. The molecule has 1 amide bonds. The summed E-state index contributed by atoms with van der Waals surface area (Å²) in [7, 11) is 0. The Morgan fingerprint density at radius 3 is 2.68 bits per heavy atom. The minimum Gasteiger partial charge on any atom is -0.370 e. The lowest BCUT2D eigenvalue weighted by atomic mass is 9.82. The number of fused-ring (bicyclic) bond motifs is 2. The van der Waals surface area contributed by atoms with Crippen molar-refractivity contribution >= 4 is 17.2 Å². The van der Waals surface area contributed by atoms with Crippen molar-refractivity contribution in [2.24, 2.45) is 0 Å². The number of amides is 1. The lowest BCUT2D eigenvalue weighted by Crippen LogP contribution is -2.48. The van der Waals surface area contributed by atoms with Gasteiger partial charge in [-0.2, -0.15) is 0 Å². The van der Waals surface area contributed by atoms with E-state index in [1.165, 1.54) is 10.4 Å². The Hall–Kier alpha value is -1.65. The molecule has 2 aliphatic rings. The number of piperidine rings is 1. The molecule has 0 unspecified atom stereocenters. The fourth-order valence-electron chi connectivity index (χ4n) is 3.61. The number of hydrogen-bond donors (Lipinski definition) is 0. The maximum atomic E-state index is 12.6. The first kappa shape index (κ1) is 14.0. The summed E-state index contributed by atoms with van der Waals surface area (Å²) >= 11 is 1.84. The van der Waals surface area contributed by atoms with E-state index in [2.05, 4.69) is 11.4 Å². The van der Waals surface area contributed by atoms with Crippen LogP contribution < -0.4 is 0 Å². The fraction of sp³-hybridized carbons (Fsp3) is 0.389. The lowest BCUT2D eigenvalue weighted by molar-refractivity contribution is -0.0926. The molecule has 1 spiro atoms. The van der Waals surface area contributed by atoms with Crippen LogP contribution in [-0.2, 0) is 16.8 Å². The summed E-state index contributed by atoms with van der Waals surface area (Å²) in [5, 5.41) is 2.17.